The number of hydrogen-bond acceptors (Lipinski definition) is 5. The molecule has 4 rings (SSSR count). The Morgan fingerprint density at radius 2 is 2.08 bits per heavy atom. The second-order valence-corrected chi connectivity index (χ2v) is 5.86. The summed E-state index contributed by atoms with van der Waals surface area (Å²) >= 11 is 0. The summed E-state index contributed by atoms with van der Waals surface area (Å²) in [6.45, 7) is -1.49. The minimum absolute atomic E-state index is 0.0792. The molecule has 0 radical (unpaired) electrons. The van der Waals surface area contributed by atoms with Crippen molar-refractivity contribution in [2.75, 3.05) is 24.6 Å². The zero-order valence-electron chi connectivity index (χ0n) is 13.6. The zero-order valence-corrected chi connectivity index (χ0v) is 13.6. The SMILES string of the molecule is Fc1ccc2oc(N3CCO[C@@H](c4cccc(OC(F)F)c4)C3)nc2c1. The number of fused-ring (bicyclic) bond motifs is 1. The second-order valence-electron chi connectivity index (χ2n) is 5.86. The van der Waals surface area contributed by atoms with Crippen molar-refractivity contribution in [3.63, 3.8) is 0 Å². The van der Waals surface area contributed by atoms with Crippen LogP contribution in [0.25, 0.3) is 11.1 Å². The molecule has 1 fully saturated rings. The molecular weight excluding hydrogens is 349 g/mol. The Morgan fingerprint density at radius 3 is 2.92 bits per heavy atom. The first kappa shape index (κ1) is 16.7. The van der Waals surface area contributed by atoms with Gasteiger partial charge in [-0.1, -0.05) is 12.1 Å². The summed E-state index contributed by atoms with van der Waals surface area (Å²) in [5, 5.41) is 0. The number of hydrogen-bond donors (Lipinski definition) is 0. The third kappa shape index (κ3) is 3.45. The van der Waals surface area contributed by atoms with Gasteiger partial charge in [0.2, 0.25) is 0 Å². The summed E-state index contributed by atoms with van der Waals surface area (Å²) in [4.78, 5) is 6.20. The van der Waals surface area contributed by atoms with Gasteiger partial charge in [-0.05, 0) is 29.8 Å². The first-order chi connectivity index (χ1) is 12.6. The Balaban J connectivity index is 1.55. The predicted molar refractivity (Wildman–Crippen MR) is 87.9 cm³/mol. The topological polar surface area (TPSA) is 47.7 Å². The van der Waals surface area contributed by atoms with Crippen LogP contribution in [0.4, 0.5) is 19.2 Å². The zero-order chi connectivity index (χ0) is 18.1. The van der Waals surface area contributed by atoms with Crippen LogP contribution in [0.15, 0.2) is 46.9 Å². The summed E-state index contributed by atoms with van der Waals surface area (Å²) in [6.07, 6.45) is -0.350. The molecule has 1 atom stereocenters. The van der Waals surface area contributed by atoms with Crippen LogP contribution in [0.5, 0.6) is 5.75 Å². The average Bonchev–Trinajstić information content (AvgIpc) is 3.05. The van der Waals surface area contributed by atoms with Gasteiger partial charge in [-0.25, -0.2) is 4.39 Å². The quantitative estimate of drug-likeness (QED) is 0.696. The van der Waals surface area contributed by atoms with Gasteiger partial charge in [0.25, 0.3) is 6.01 Å². The molecule has 2 heterocycles. The monoisotopic (exact) mass is 364 g/mol. The fourth-order valence-corrected chi connectivity index (χ4v) is 2.94. The van der Waals surface area contributed by atoms with Crippen molar-refractivity contribution < 1.29 is 27.1 Å². The van der Waals surface area contributed by atoms with Crippen LogP contribution in [-0.4, -0.2) is 31.3 Å². The average molecular weight is 364 g/mol. The fraction of sp³-hybridized carbons (Fsp3) is 0.278. The van der Waals surface area contributed by atoms with Gasteiger partial charge in [0.1, 0.15) is 23.2 Å². The van der Waals surface area contributed by atoms with Crippen molar-refractivity contribution in [3.05, 3.63) is 53.8 Å². The predicted octanol–water partition coefficient (Wildman–Crippen LogP) is 4.15. The van der Waals surface area contributed by atoms with Crippen LogP contribution in [0, 0.1) is 5.82 Å². The maximum absolute atomic E-state index is 13.3. The molecule has 2 aromatic carbocycles. The van der Waals surface area contributed by atoms with Gasteiger partial charge >= 0.3 is 6.61 Å². The summed E-state index contributed by atoms with van der Waals surface area (Å²) in [7, 11) is 0. The van der Waals surface area contributed by atoms with Crippen molar-refractivity contribution >= 4 is 17.1 Å². The minimum Gasteiger partial charge on any atom is -0.435 e. The molecule has 0 amide bonds. The Hall–Kier alpha value is -2.74. The van der Waals surface area contributed by atoms with E-state index in [1.807, 2.05) is 4.90 Å². The van der Waals surface area contributed by atoms with E-state index < -0.39 is 6.61 Å². The molecule has 3 aromatic rings. The highest BCUT2D eigenvalue weighted by Crippen LogP contribution is 2.30. The molecule has 8 heteroatoms. The Kier molecular flexibility index (Phi) is 4.42. The number of ether oxygens (including phenoxy) is 2. The summed E-state index contributed by atoms with van der Waals surface area (Å²) < 4.78 is 54.0. The van der Waals surface area contributed by atoms with Crippen LogP contribution in [0.1, 0.15) is 11.7 Å². The highest BCUT2D eigenvalue weighted by Gasteiger charge is 2.26. The van der Waals surface area contributed by atoms with Gasteiger partial charge in [-0.3, -0.25) is 0 Å². The van der Waals surface area contributed by atoms with Crippen molar-refractivity contribution in [2.45, 2.75) is 12.7 Å². The third-order valence-corrected chi connectivity index (χ3v) is 4.13. The van der Waals surface area contributed by atoms with Crippen LogP contribution >= 0.6 is 0 Å². The van der Waals surface area contributed by atoms with E-state index in [9.17, 15) is 13.2 Å². The van der Waals surface area contributed by atoms with E-state index in [1.54, 1.807) is 12.1 Å². The van der Waals surface area contributed by atoms with Gasteiger partial charge in [0, 0.05) is 12.6 Å². The first-order valence-electron chi connectivity index (χ1n) is 8.06. The number of anilines is 1. The number of rotatable bonds is 4. The first-order valence-corrected chi connectivity index (χ1v) is 8.06. The number of nitrogens with zero attached hydrogens (tertiary/aromatic N) is 2. The van der Waals surface area contributed by atoms with Crippen LogP contribution in [0.3, 0.4) is 0 Å². The van der Waals surface area contributed by atoms with E-state index in [-0.39, 0.29) is 17.7 Å². The highest BCUT2D eigenvalue weighted by atomic mass is 19.3. The third-order valence-electron chi connectivity index (χ3n) is 4.13. The standard InChI is InChI=1S/C18H15F3N2O3/c19-12-4-5-15-14(9-12)22-18(26-15)23-6-7-24-16(10-23)11-2-1-3-13(8-11)25-17(20)21/h1-5,8-9,16-17H,6-7,10H2/t16-/m1/s1. The van der Waals surface area contributed by atoms with E-state index >= 15 is 0 Å². The Morgan fingerprint density at radius 1 is 1.19 bits per heavy atom. The molecule has 0 unspecified atom stereocenters. The van der Waals surface area contributed by atoms with E-state index in [0.717, 1.165) is 5.56 Å². The lowest BCUT2D eigenvalue weighted by atomic mass is 10.1. The molecule has 1 aliphatic rings. The lowest BCUT2D eigenvalue weighted by molar-refractivity contribution is -0.0501. The summed E-state index contributed by atoms with van der Waals surface area (Å²) in [5.74, 6) is -0.302. The van der Waals surface area contributed by atoms with E-state index in [0.29, 0.717) is 36.8 Å². The van der Waals surface area contributed by atoms with E-state index in [2.05, 4.69) is 9.72 Å². The molecule has 1 saturated heterocycles. The van der Waals surface area contributed by atoms with Crippen molar-refractivity contribution in [1.82, 2.24) is 4.98 Å². The summed E-state index contributed by atoms with van der Waals surface area (Å²) in [6, 6.07) is 10.9. The van der Waals surface area contributed by atoms with Gasteiger partial charge in [0.15, 0.2) is 5.58 Å². The molecule has 1 aliphatic heterocycles. The van der Waals surface area contributed by atoms with Gasteiger partial charge < -0.3 is 18.8 Å². The van der Waals surface area contributed by atoms with E-state index in [1.165, 1.54) is 30.3 Å². The van der Waals surface area contributed by atoms with Crippen LogP contribution in [0.2, 0.25) is 0 Å². The molecule has 0 spiro atoms. The Bertz CT molecular complexity index is 916. The second kappa shape index (κ2) is 6.87. The van der Waals surface area contributed by atoms with Crippen molar-refractivity contribution in [3.8, 4) is 5.75 Å². The van der Waals surface area contributed by atoms with E-state index in [4.69, 9.17) is 9.15 Å². The lowest BCUT2D eigenvalue weighted by Crippen LogP contribution is -2.38. The van der Waals surface area contributed by atoms with Crippen LogP contribution < -0.4 is 9.64 Å². The lowest BCUT2D eigenvalue weighted by Gasteiger charge is -2.32. The number of halogens is 3. The largest absolute Gasteiger partial charge is 0.435 e. The minimum atomic E-state index is -2.88. The normalized spacial score (nSPS) is 17.8. The molecule has 5 nitrogen and oxygen atoms in total. The molecule has 0 saturated carbocycles. The smallest absolute Gasteiger partial charge is 0.387 e. The number of morpholine rings is 1. The van der Waals surface area contributed by atoms with Gasteiger partial charge in [0.05, 0.1) is 13.2 Å². The number of oxazole rings is 1. The maximum atomic E-state index is 13.3. The molecule has 0 aliphatic carbocycles. The number of aromatic nitrogens is 1. The number of alkyl halides is 2. The Labute approximate surface area is 146 Å². The van der Waals surface area contributed by atoms with Crippen molar-refractivity contribution in [1.29, 1.82) is 0 Å². The number of benzene rings is 2. The molecule has 26 heavy (non-hydrogen) atoms. The summed E-state index contributed by atoms with van der Waals surface area (Å²) in [5.41, 5.74) is 1.65. The maximum Gasteiger partial charge on any atom is 0.387 e. The molecule has 1 aromatic heterocycles. The molecular formula is C18H15F3N2O3. The van der Waals surface area contributed by atoms with Crippen molar-refractivity contribution in [2.24, 2.45) is 0 Å². The molecule has 0 N–H and O–H groups in total. The van der Waals surface area contributed by atoms with Gasteiger partial charge in [-0.2, -0.15) is 13.8 Å². The molecule has 0 bridgehead atoms. The fourth-order valence-electron chi connectivity index (χ4n) is 2.94. The highest BCUT2D eigenvalue weighted by molar-refractivity contribution is 5.74. The molecule has 136 valence electrons. The van der Waals surface area contributed by atoms with Crippen LogP contribution in [-0.2, 0) is 4.74 Å². The van der Waals surface area contributed by atoms with Gasteiger partial charge in [-0.15, -0.1) is 0 Å².